The van der Waals surface area contributed by atoms with Crippen molar-refractivity contribution in [3.8, 4) is 0 Å². The number of carboxylic acid groups (broad SMARTS) is 2. The summed E-state index contributed by atoms with van der Waals surface area (Å²) in [6, 6.07) is -0.742. The first-order chi connectivity index (χ1) is 8.34. The number of amides is 1. The van der Waals surface area contributed by atoms with E-state index < -0.39 is 23.9 Å². The molecule has 0 aliphatic heterocycles. The summed E-state index contributed by atoms with van der Waals surface area (Å²) in [6.45, 7) is -0.0374. The molecule has 9 heteroatoms. The summed E-state index contributed by atoms with van der Waals surface area (Å²) < 4.78 is 0. The van der Waals surface area contributed by atoms with E-state index in [9.17, 15) is 14.4 Å². The minimum Gasteiger partial charge on any atom is -0.480 e. The molecule has 0 aromatic heterocycles. The SMILES string of the molecule is NCC(=O)NCC(=O)O.NCCC[C@H](N)C(=O)O. The molecular formula is C9H20N4O5. The van der Waals surface area contributed by atoms with Gasteiger partial charge in [-0.25, -0.2) is 0 Å². The van der Waals surface area contributed by atoms with E-state index in [-0.39, 0.29) is 13.1 Å². The first-order valence-electron chi connectivity index (χ1n) is 5.22. The van der Waals surface area contributed by atoms with Crippen LogP contribution in [0.15, 0.2) is 0 Å². The third-order valence-corrected chi connectivity index (χ3v) is 1.66. The van der Waals surface area contributed by atoms with Gasteiger partial charge in [0.05, 0.1) is 6.54 Å². The van der Waals surface area contributed by atoms with Crippen LogP contribution in [0.5, 0.6) is 0 Å². The van der Waals surface area contributed by atoms with Gasteiger partial charge < -0.3 is 32.7 Å². The van der Waals surface area contributed by atoms with E-state index in [0.717, 1.165) is 0 Å². The summed E-state index contributed by atoms with van der Waals surface area (Å²) in [5.74, 6) is -2.49. The molecule has 0 aliphatic rings. The van der Waals surface area contributed by atoms with E-state index in [1.165, 1.54) is 0 Å². The summed E-state index contributed by atoms with van der Waals surface area (Å²) in [5.41, 5.74) is 15.1. The Balaban J connectivity index is 0. The Morgan fingerprint density at radius 3 is 2.06 bits per heavy atom. The monoisotopic (exact) mass is 264 g/mol. The molecule has 0 radical (unpaired) electrons. The van der Waals surface area contributed by atoms with Gasteiger partial charge in [0.1, 0.15) is 12.6 Å². The first-order valence-corrected chi connectivity index (χ1v) is 5.22. The number of carboxylic acids is 2. The van der Waals surface area contributed by atoms with Crippen LogP contribution < -0.4 is 22.5 Å². The largest absolute Gasteiger partial charge is 0.480 e. The van der Waals surface area contributed by atoms with Gasteiger partial charge in [0.15, 0.2) is 0 Å². The van der Waals surface area contributed by atoms with E-state index in [1.807, 2.05) is 0 Å². The maximum atomic E-state index is 10.2. The fraction of sp³-hybridized carbons (Fsp3) is 0.667. The van der Waals surface area contributed by atoms with E-state index in [0.29, 0.717) is 19.4 Å². The van der Waals surface area contributed by atoms with Crippen molar-refractivity contribution in [2.24, 2.45) is 17.2 Å². The Morgan fingerprint density at radius 1 is 1.17 bits per heavy atom. The Kier molecular flexibility index (Phi) is 12.2. The molecule has 0 saturated heterocycles. The molecule has 1 amide bonds. The summed E-state index contributed by atoms with van der Waals surface area (Å²) >= 11 is 0. The minimum absolute atomic E-state index is 0.173. The molecule has 0 bridgehead atoms. The highest BCUT2D eigenvalue weighted by atomic mass is 16.4. The van der Waals surface area contributed by atoms with Crippen molar-refractivity contribution in [2.45, 2.75) is 18.9 Å². The van der Waals surface area contributed by atoms with Crippen molar-refractivity contribution in [3.63, 3.8) is 0 Å². The van der Waals surface area contributed by atoms with Crippen LogP contribution in [-0.4, -0.2) is 53.7 Å². The molecular weight excluding hydrogens is 244 g/mol. The summed E-state index contributed by atoms with van der Waals surface area (Å²) in [7, 11) is 0. The molecule has 0 spiro atoms. The third-order valence-electron chi connectivity index (χ3n) is 1.66. The lowest BCUT2D eigenvalue weighted by molar-refractivity contribution is -0.139. The predicted molar refractivity (Wildman–Crippen MR) is 63.6 cm³/mol. The van der Waals surface area contributed by atoms with Crippen LogP contribution >= 0.6 is 0 Å². The fourth-order valence-electron chi connectivity index (χ4n) is 0.708. The lowest BCUT2D eigenvalue weighted by atomic mass is 10.2. The van der Waals surface area contributed by atoms with Crippen molar-refractivity contribution >= 4 is 17.8 Å². The molecule has 0 aromatic carbocycles. The second-order valence-corrected chi connectivity index (χ2v) is 3.25. The first kappa shape index (κ1) is 18.6. The van der Waals surface area contributed by atoms with Crippen LogP contribution in [0, 0.1) is 0 Å². The molecule has 0 aliphatic carbocycles. The molecule has 0 heterocycles. The Hall–Kier alpha value is -1.71. The zero-order valence-corrected chi connectivity index (χ0v) is 9.96. The second-order valence-electron chi connectivity index (χ2n) is 3.25. The van der Waals surface area contributed by atoms with Crippen molar-refractivity contribution in [1.82, 2.24) is 5.32 Å². The smallest absolute Gasteiger partial charge is 0.322 e. The van der Waals surface area contributed by atoms with E-state index in [2.05, 4.69) is 5.32 Å². The van der Waals surface area contributed by atoms with Gasteiger partial charge in [-0.2, -0.15) is 0 Å². The highest BCUT2D eigenvalue weighted by molar-refractivity contribution is 5.82. The normalized spacial score (nSPS) is 10.8. The van der Waals surface area contributed by atoms with Gasteiger partial charge in [0.2, 0.25) is 5.91 Å². The molecule has 18 heavy (non-hydrogen) atoms. The number of carbonyl (C=O) groups excluding carboxylic acids is 1. The van der Waals surface area contributed by atoms with Crippen molar-refractivity contribution in [1.29, 1.82) is 0 Å². The van der Waals surface area contributed by atoms with Crippen LogP contribution in [0.1, 0.15) is 12.8 Å². The van der Waals surface area contributed by atoms with Crippen LogP contribution in [0.25, 0.3) is 0 Å². The number of carbonyl (C=O) groups is 3. The zero-order chi connectivity index (χ0) is 14.6. The number of hydrogen-bond acceptors (Lipinski definition) is 6. The Labute approximate surface area is 104 Å². The molecule has 0 rings (SSSR count). The molecule has 0 saturated carbocycles. The van der Waals surface area contributed by atoms with Gasteiger partial charge in [-0.15, -0.1) is 0 Å². The van der Waals surface area contributed by atoms with Gasteiger partial charge >= 0.3 is 11.9 Å². The van der Waals surface area contributed by atoms with Crippen LogP contribution in [0.4, 0.5) is 0 Å². The fourth-order valence-corrected chi connectivity index (χ4v) is 0.708. The van der Waals surface area contributed by atoms with Gasteiger partial charge in [0.25, 0.3) is 0 Å². The number of aliphatic carboxylic acids is 2. The number of hydrogen-bond donors (Lipinski definition) is 6. The average Bonchev–Trinajstić information content (AvgIpc) is 2.33. The average molecular weight is 264 g/mol. The number of rotatable bonds is 7. The molecule has 0 fully saturated rings. The lowest BCUT2D eigenvalue weighted by Gasteiger charge is -2.02. The van der Waals surface area contributed by atoms with Gasteiger partial charge in [-0.1, -0.05) is 0 Å². The third kappa shape index (κ3) is 14.3. The number of nitrogens with two attached hydrogens (primary N) is 3. The molecule has 9 nitrogen and oxygen atoms in total. The van der Waals surface area contributed by atoms with Crippen molar-refractivity contribution in [3.05, 3.63) is 0 Å². The molecule has 0 unspecified atom stereocenters. The standard InChI is InChI=1S/C5H12N2O2.C4H8N2O3/c6-3-1-2-4(7)5(8)9;5-1-3(7)6-2-4(8)9/h4H,1-3,6-7H2,(H,8,9);1-2,5H2,(H,6,7)(H,8,9)/t4-;/m0./s1. The number of nitrogens with one attached hydrogen (secondary N) is 1. The van der Waals surface area contributed by atoms with E-state index in [1.54, 1.807) is 0 Å². The molecule has 0 aromatic rings. The van der Waals surface area contributed by atoms with Gasteiger partial charge in [-0.3, -0.25) is 14.4 Å². The maximum absolute atomic E-state index is 10.2. The summed E-state index contributed by atoms with van der Waals surface area (Å²) in [5, 5.41) is 18.3. The lowest BCUT2D eigenvalue weighted by Crippen LogP contribution is -2.34. The maximum Gasteiger partial charge on any atom is 0.322 e. The Bertz CT molecular complexity index is 272. The topological polar surface area (TPSA) is 182 Å². The quantitative estimate of drug-likeness (QED) is 0.286. The van der Waals surface area contributed by atoms with Crippen LogP contribution in [0.3, 0.4) is 0 Å². The van der Waals surface area contributed by atoms with Crippen LogP contribution in [-0.2, 0) is 14.4 Å². The van der Waals surface area contributed by atoms with E-state index in [4.69, 9.17) is 27.4 Å². The minimum atomic E-state index is -1.07. The summed E-state index contributed by atoms with van der Waals surface area (Å²) in [6.07, 6.45) is 1.14. The zero-order valence-electron chi connectivity index (χ0n) is 9.96. The summed E-state index contributed by atoms with van der Waals surface area (Å²) in [4.78, 5) is 30.0. The van der Waals surface area contributed by atoms with Crippen molar-refractivity contribution < 1.29 is 24.6 Å². The van der Waals surface area contributed by atoms with Gasteiger partial charge in [0, 0.05) is 0 Å². The molecule has 1 atom stereocenters. The highest BCUT2D eigenvalue weighted by Gasteiger charge is 2.08. The molecule has 106 valence electrons. The van der Waals surface area contributed by atoms with Gasteiger partial charge in [-0.05, 0) is 19.4 Å². The van der Waals surface area contributed by atoms with E-state index >= 15 is 0 Å². The Morgan fingerprint density at radius 2 is 1.72 bits per heavy atom. The van der Waals surface area contributed by atoms with Crippen molar-refractivity contribution in [2.75, 3.05) is 19.6 Å². The highest BCUT2D eigenvalue weighted by Crippen LogP contribution is 1.91. The second kappa shape index (κ2) is 11.8. The molecule has 9 N–H and O–H groups in total. The predicted octanol–water partition coefficient (Wildman–Crippen LogP) is -2.72. The van der Waals surface area contributed by atoms with Crippen LogP contribution in [0.2, 0.25) is 0 Å².